The predicted molar refractivity (Wildman–Crippen MR) is 45.3 cm³/mol. The summed E-state index contributed by atoms with van der Waals surface area (Å²) in [5, 5.41) is 0. The number of rotatable bonds is 3. The Morgan fingerprint density at radius 3 is 2.45 bits per heavy atom. The molecule has 0 radical (unpaired) electrons. The number of nitrogens with one attached hydrogen (secondary N) is 1. The molecule has 0 aromatic carbocycles. The fraction of sp³-hybridized carbons (Fsp3) is 0.667. The van der Waals surface area contributed by atoms with Crippen molar-refractivity contribution < 1.29 is 4.57 Å². The van der Waals surface area contributed by atoms with E-state index in [0.29, 0.717) is 5.92 Å². The highest BCUT2D eigenvalue weighted by Gasteiger charge is 2.16. The second kappa shape index (κ2) is 3.56. The van der Waals surface area contributed by atoms with Gasteiger partial charge in [0.05, 0.1) is 13.0 Å². The first-order valence-electron chi connectivity index (χ1n) is 4.32. The molecular weight excluding hydrogens is 136 g/mol. The Hall–Kier alpha value is -0.790. The van der Waals surface area contributed by atoms with E-state index in [9.17, 15) is 0 Å². The standard InChI is InChI=1S/C9H16N2/c1-4-8(5-2)9-10-6-7-11(9)3/h6-8H,4-5H2,1-3H3/p+1. The number of aryl methyl sites for hydroxylation is 1. The zero-order valence-electron chi connectivity index (χ0n) is 7.59. The number of aromatic amines is 1. The normalized spacial score (nSPS) is 10.9. The van der Waals surface area contributed by atoms with E-state index in [1.165, 1.54) is 18.7 Å². The van der Waals surface area contributed by atoms with Gasteiger partial charge in [-0.3, -0.25) is 0 Å². The average molecular weight is 153 g/mol. The minimum absolute atomic E-state index is 0.690. The van der Waals surface area contributed by atoms with Crippen LogP contribution in [0.25, 0.3) is 0 Å². The van der Waals surface area contributed by atoms with Crippen LogP contribution in [0.1, 0.15) is 38.4 Å². The van der Waals surface area contributed by atoms with Gasteiger partial charge < -0.3 is 0 Å². The Labute approximate surface area is 68.3 Å². The molecule has 2 heteroatoms. The number of nitrogens with zero attached hydrogens (tertiary/aromatic N) is 1. The lowest BCUT2D eigenvalue weighted by Crippen LogP contribution is -2.32. The van der Waals surface area contributed by atoms with Crippen LogP contribution >= 0.6 is 0 Å². The topological polar surface area (TPSA) is 19.7 Å². The molecule has 0 amide bonds. The van der Waals surface area contributed by atoms with Crippen molar-refractivity contribution in [2.45, 2.75) is 32.6 Å². The van der Waals surface area contributed by atoms with Gasteiger partial charge in [0.25, 0.3) is 5.82 Å². The van der Waals surface area contributed by atoms with Gasteiger partial charge >= 0.3 is 0 Å². The van der Waals surface area contributed by atoms with Crippen molar-refractivity contribution in [1.29, 1.82) is 0 Å². The van der Waals surface area contributed by atoms with E-state index in [1.54, 1.807) is 0 Å². The summed E-state index contributed by atoms with van der Waals surface area (Å²) in [6.07, 6.45) is 6.48. The average Bonchev–Trinajstić information content (AvgIpc) is 2.40. The zero-order valence-corrected chi connectivity index (χ0v) is 7.59. The van der Waals surface area contributed by atoms with Crippen LogP contribution in [0.4, 0.5) is 0 Å². The maximum Gasteiger partial charge on any atom is 0.257 e. The van der Waals surface area contributed by atoms with Gasteiger partial charge in [-0.25, -0.2) is 9.55 Å². The Morgan fingerprint density at radius 1 is 1.45 bits per heavy atom. The molecule has 0 unspecified atom stereocenters. The Balaban J connectivity index is 2.81. The molecule has 2 nitrogen and oxygen atoms in total. The number of imidazole rings is 1. The Kier molecular flexibility index (Phi) is 2.69. The molecular formula is C9H17N2+. The lowest BCUT2D eigenvalue weighted by Gasteiger charge is -2.05. The van der Waals surface area contributed by atoms with E-state index in [0.717, 1.165) is 0 Å². The smallest absolute Gasteiger partial charge is 0.247 e. The first-order valence-corrected chi connectivity index (χ1v) is 4.32. The van der Waals surface area contributed by atoms with Crippen LogP contribution in [0.2, 0.25) is 0 Å². The molecule has 0 saturated heterocycles. The SMILES string of the molecule is CCC(CC)c1[nH]cc[n+]1C. The van der Waals surface area contributed by atoms with Crippen LogP contribution in [0.5, 0.6) is 0 Å². The third kappa shape index (κ3) is 1.62. The molecule has 0 aliphatic heterocycles. The van der Waals surface area contributed by atoms with Gasteiger partial charge in [0.2, 0.25) is 0 Å². The third-order valence-corrected chi connectivity index (χ3v) is 2.28. The van der Waals surface area contributed by atoms with Crippen LogP contribution in [-0.4, -0.2) is 4.98 Å². The second-order valence-corrected chi connectivity index (χ2v) is 2.97. The maximum atomic E-state index is 3.27. The van der Waals surface area contributed by atoms with Gasteiger partial charge in [-0.15, -0.1) is 0 Å². The molecule has 1 heterocycles. The fourth-order valence-electron chi connectivity index (χ4n) is 1.50. The first kappa shape index (κ1) is 8.31. The van der Waals surface area contributed by atoms with Gasteiger partial charge in [0.1, 0.15) is 12.4 Å². The van der Waals surface area contributed by atoms with Crippen LogP contribution in [0, 0.1) is 0 Å². The molecule has 0 bridgehead atoms. The summed E-state index contributed by atoms with van der Waals surface area (Å²) in [5.41, 5.74) is 0. The van der Waals surface area contributed by atoms with E-state index in [-0.39, 0.29) is 0 Å². The highest BCUT2D eigenvalue weighted by Crippen LogP contribution is 2.16. The Morgan fingerprint density at radius 2 is 2.09 bits per heavy atom. The summed E-state index contributed by atoms with van der Waals surface area (Å²) in [4.78, 5) is 3.27. The van der Waals surface area contributed by atoms with E-state index >= 15 is 0 Å². The van der Waals surface area contributed by atoms with Gasteiger partial charge in [0, 0.05) is 0 Å². The molecule has 1 N–H and O–H groups in total. The zero-order chi connectivity index (χ0) is 8.27. The van der Waals surface area contributed by atoms with Crippen LogP contribution in [0.15, 0.2) is 12.4 Å². The number of aromatic nitrogens is 2. The number of hydrogen-bond donors (Lipinski definition) is 1. The van der Waals surface area contributed by atoms with Crippen LogP contribution < -0.4 is 4.57 Å². The summed E-state index contributed by atoms with van der Waals surface area (Å²) in [5.74, 6) is 2.03. The molecule has 62 valence electrons. The van der Waals surface area contributed by atoms with Crippen LogP contribution in [-0.2, 0) is 7.05 Å². The van der Waals surface area contributed by atoms with Gasteiger partial charge in [-0.05, 0) is 12.8 Å². The molecule has 0 saturated carbocycles. The third-order valence-electron chi connectivity index (χ3n) is 2.28. The monoisotopic (exact) mass is 153 g/mol. The first-order chi connectivity index (χ1) is 5.29. The molecule has 1 rings (SSSR count). The van der Waals surface area contributed by atoms with Gasteiger partial charge in [0.15, 0.2) is 0 Å². The van der Waals surface area contributed by atoms with Crippen LogP contribution in [0.3, 0.4) is 0 Å². The van der Waals surface area contributed by atoms with E-state index in [4.69, 9.17) is 0 Å². The van der Waals surface area contributed by atoms with E-state index in [1.807, 2.05) is 6.20 Å². The van der Waals surface area contributed by atoms with E-state index < -0.39 is 0 Å². The van der Waals surface area contributed by atoms with Gasteiger partial charge in [-0.2, -0.15) is 0 Å². The van der Waals surface area contributed by atoms with Gasteiger partial charge in [-0.1, -0.05) is 13.8 Å². The minimum Gasteiger partial charge on any atom is -0.247 e. The lowest BCUT2D eigenvalue weighted by molar-refractivity contribution is -0.679. The summed E-state index contributed by atoms with van der Waals surface area (Å²) in [6, 6.07) is 0. The molecule has 0 fully saturated rings. The lowest BCUT2D eigenvalue weighted by atomic mass is 10.0. The largest absolute Gasteiger partial charge is 0.257 e. The van der Waals surface area contributed by atoms with Crippen molar-refractivity contribution in [2.75, 3.05) is 0 Å². The number of H-pyrrole nitrogens is 1. The quantitative estimate of drug-likeness (QED) is 0.638. The second-order valence-electron chi connectivity index (χ2n) is 2.97. The van der Waals surface area contributed by atoms with Crippen molar-refractivity contribution in [3.05, 3.63) is 18.2 Å². The summed E-state index contributed by atoms with van der Waals surface area (Å²) >= 11 is 0. The highest BCUT2D eigenvalue weighted by atomic mass is 15.0. The molecule has 1 aromatic rings. The highest BCUT2D eigenvalue weighted by molar-refractivity contribution is 4.87. The molecule has 0 atom stereocenters. The van der Waals surface area contributed by atoms with Crippen molar-refractivity contribution in [3.8, 4) is 0 Å². The predicted octanol–water partition coefficient (Wildman–Crippen LogP) is 1.74. The van der Waals surface area contributed by atoms with E-state index in [2.05, 4.69) is 36.6 Å². The van der Waals surface area contributed by atoms with Crippen molar-refractivity contribution in [2.24, 2.45) is 7.05 Å². The maximum absolute atomic E-state index is 3.27. The molecule has 1 aromatic heterocycles. The fourth-order valence-corrected chi connectivity index (χ4v) is 1.50. The summed E-state index contributed by atoms with van der Waals surface area (Å²) in [6.45, 7) is 4.46. The summed E-state index contributed by atoms with van der Waals surface area (Å²) < 4.78 is 2.16. The Bertz CT molecular complexity index is 211. The van der Waals surface area contributed by atoms with Crippen molar-refractivity contribution >= 4 is 0 Å². The minimum atomic E-state index is 0.690. The molecule has 11 heavy (non-hydrogen) atoms. The van der Waals surface area contributed by atoms with Crippen molar-refractivity contribution in [1.82, 2.24) is 4.98 Å². The molecule has 0 spiro atoms. The number of hydrogen-bond acceptors (Lipinski definition) is 0. The molecule has 0 aliphatic rings. The summed E-state index contributed by atoms with van der Waals surface area (Å²) in [7, 11) is 2.09. The molecule has 0 aliphatic carbocycles. The van der Waals surface area contributed by atoms with Crippen molar-refractivity contribution in [3.63, 3.8) is 0 Å².